The summed E-state index contributed by atoms with van der Waals surface area (Å²) in [4.78, 5) is 10.7. The molecule has 1 unspecified atom stereocenters. The van der Waals surface area contributed by atoms with Crippen molar-refractivity contribution < 1.29 is 19.7 Å². The van der Waals surface area contributed by atoms with E-state index in [2.05, 4.69) is 0 Å². The first-order valence-corrected chi connectivity index (χ1v) is 4.68. The van der Waals surface area contributed by atoms with E-state index in [1.165, 1.54) is 7.11 Å². The van der Waals surface area contributed by atoms with Gasteiger partial charge in [0, 0.05) is 5.56 Å². The molecule has 15 heavy (non-hydrogen) atoms. The molecule has 0 spiro atoms. The van der Waals surface area contributed by atoms with Gasteiger partial charge in [0.2, 0.25) is 0 Å². The minimum absolute atomic E-state index is 0.393. The minimum Gasteiger partial charge on any atom is -0.496 e. The maximum Gasteiger partial charge on any atom is 0.337 e. The van der Waals surface area contributed by atoms with Crippen molar-refractivity contribution >= 4 is 5.97 Å². The van der Waals surface area contributed by atoms with E-state index in [-0.39, 0.29) is 0 Å². The molecule has 0 radical (unpaired) electrons. The van der Waals surface area contributed by atoms with Crippen molar-refractivity contribution in [2.75, 3.05) is 7.11 Å². The molecule has 1 aromatic rings. The fourth-order valence-electron chi connectivity index (χ4n) is 1.54. The molecule has 0 aliphatic carbocycles. The van der Waals surface area contributed by atoms with Crippen molar-refractivity contribution in [3.8, 4) is 5.75 Å². The highest BCUT2D eigenvalue weighted by Gasteiger charge is 2.20. The second kappa shape index (κ2) is 4.79. The van der Waals surface area contributed by atoms with Crippen molar-refractivity contribution in [3.63, 3.8) is 0 Å². The summed E-state index contributed by atoms with van der Waals surface area (Å²) in [5, 5.41) is 18.2. The van der Waals surface area contributed by atoms with Gasteiger partial charge >= 0.3 is 5.97 Å². The zero-order chi connectivity index (χ0) is 11.4. The number of benzene rings is 1. The monoisotopic (exact) mass is 210 g/mol. The van der Waals surface area contributed by atoms with E-state index in [1.54, 1.807) is 18.2 Å². The number of rotatable bonds is 4. The van der Waals surface area contributed by atoms with Crippen LogP contribution in [0.1, 0.15) is 24.2 Å². The lowest BCUT2D eigenvalue weighted by Crippen LogP contribution is -2.13. The molecule has 1 aromatic carbocycles. The van der Waals surface area contributed by atoms with Crippen LogP contribution in [0, 0.1) is 0 Å². The van der Waals surface area contributed by atoms with Gasteiger partial charge < -0.3 is 14.9 Å². The first kappa shape index (κ1) is 11.5. The third kappa shape index (κ3) is 2.27. The highest BCUT2D eigenvalue weighted by atomic mass is 16.5. The van der Waals surface area contributed by atoms with Crippen LogP contribution >= 0.6 is 0 Å². The Morgan fingerprint density at radius 1 is 1.53 bits per heavy atom. The van der Waals surface area contributed by atoms with E-state index in [4.69, 9.17) is 9.84 Å². The van der Waals surface area contributed by atoms with Gasteiger partial charge in [-0.15, -0.1) is 0 Å². The van der Waals surface area contributed by atoms with Gasteiger partial charge in [0.25, 0.3) is 0 Å². The van der Waals surface area contributed by atoms with Crippen LogP contribution in [0.25, 0.3) is 0 Å². The zero-order valence-electron chi connectivity index (χ0n) is 8.73. The summed E-state index contributed by atoms with van der Waals surface area (Å²) in [5.74, 6) is -0.645. The summed E-state index contributed by atoms with van der Waals surface area (Å²) in [6, 6.07) is 5.01. The SMILES string of the molecule is CCc1c(OC)cccc1C(O)C(=O)O. The van der Waals surface area contributed by atoms with Gasteiger partial charge in [0.15, 0.2) is 6.10 Å². The molecule has 0 heterocycles. The molecule has 0 saturated heterocycles. The average Bonchev–Trinajstić information content (AvgIpc) is 2.26. The smallest absolute Gasteiger partial charge is 0.337 e. The first-order valence-electron chi connectivity index (χ1n) is 4.68. The summed E-state index contributed by atoms with van der Waals surface area (Å²) in [5.41, 5.74) is 1.12. The molecule has 1 rings (SSSR count). The number of methoxy groups -OCH3 is 1. The number of carboxylic acids is 1. The quantitative estimate of drug-likeness (QED) is 0.787. The lowest BCUT2D eigenvalue weighted by molar-refractivity contribution is -0.147. The molecule has 0 bridgehead atoms. The van der Waals surface area contributed by atoms with Crippen molar-refractivity contribution in [1.29, 1.82) is 0 Å². The number of aliphatic hydroxyl groups excluding tert-OH is 1. The minimum atomic E-state index is -1.49. The van der Waals surface area contributed by atoms with Crippen LogP contribution in [0.5, 0.6) is 5.75 Å². The van der Waals surface area contributed by atoms with Crippen molar-refractivity contribution in [1.82, 2.24) is 0 Å². The van der Waals surface area contributed by atoms with E-state index in [0.717, 1.165) is 5.56 Å². The molecule has 82 valence electrons. The van der Waals surface area contributed by atoms with Crippen LogP contribution in [-0.4, -0.2) is 23.3 Å². The Morgan fingerprint density at radius 3 is 2.67 bits per heavy atom. The summed E-state index contributed by atoms with van der Waals surface area (Å²) in [6.45, 7) is 1.88. The van der Waals surface area contributed by atoms with Crippen LogP contribution in [0.2, 0.25) is 0 Å². The van der Waals surface area contributed by atoms with E-state index in [0.29, 0.717) is 17.7 Å². The Balaban J connectivity index is 3.22. The topological polar surface area (TPSA) is 66.8 Å². The highest BCUT2D eigenvalue weighted by Crippen LogP contribution is 2.27. The van der Waals surface area contributed by atoms with Crippen LogP contribution in [0.3, 0.4) is 0 Å². The third-order valence-electron chi connectivity index (χ3n) is 2.27. The molecule has 1 atom stereocenters. The number of hydrogen-bond acceptors (Lipinski definition) is 3. The standard InChI is InChI=1S/C11H14O4/c1-3-7-8(10(12)11(13)14)5-4-6-9(7)15-2/h4-6,10,12H,3H2,1-2H3,(H,13,14). The van der Waals surface area contributed by atoms with Gasteiger partial charge in [-0.05, 0) is 18.1 Å². The summed E-state index contributed by atoms with van der Waals surface area (Å²) in [7, 11) is 1.52. The Hall–Kier alpha value is -1.55. The number of ether oxygens (including phenoxy) is 1. The summed E-state index contributed by atoms with van der Waals surface area (Å²) >= 11 is 0. The molecular weight excluding hydrogens is 196 g/mol. The Morgan fingerprint density at radius 2 is 2.20 bits per heavy atom. The Labute approximate surface area is 88.1 Å². The highest BCUT2D eigenvalue weighted by molar-refractivity contribution is 5.75. The van der Waals surface area contributed by atoms with Gasteiger partial charge in [-0.25, -0.2) is 4.79 Å². The maximum atomic E-state index is 10.7. The number of aliphatic hydroxyl groups is 1. The number of aliphatic carboxylic acids is 1. The van der Waals surface area contributed by atoms with Crippen LogP contribution < -0.4 is 4.74 Å². The zero-order valence-corrected chi connectivity index (χ0v) is 8.73. The molecule has 0 aliphatic rings. The molecule has 4 nitrogen and oxygen atoms in total. The van der Waals surface area contributed by atoms with E-state index in [9.17, 15) is 9.90 Å². The molecule has 0 aliphatic heterocycles. The van der Waals surface area contributed by atoms with Gasteiger partial charge in [0.1, 0.15) is 5.75 Å². The number of hydrogen-bond donors (Lipinski definition) is 2. The first-order chi connectivity index (χ1) is 7.11. The summed E-state index contributed by atoms with van der Waals surface area (Å²) < 4.78 is 5.10. The predicted molar refractivity (Wildman–Crippen MR) is 55.0 cm³/mol. The molecule has 0 fully saturated rings. The molecule has 0 aromatic heterocycles. The third-order valence-corrected chi connectivity index (χ3v) is 2.27. The van der Waals surface area contributed by atoms with Gasteiger partial charge in [-0.1, -0.05) is 19.1 Å². The van der Waals surface area contributed by atoms with Crippen LogP contribution in [-0.2, 0) is 11.2 Å². The van der Waals surface area contributed by atoms with Gasteiger partial charge in [-0.2, -0.15) is 0 Å². The van der Waals surface area contributed by atoms with Gasteiger partial charge in [-0.3, -0.25) is 0 Å². The normalized spacial score (nSPS) is 12.2. The Kier molecular flexibility index (Phi) is 3.68. The summed E-state index contributed by atoms with van der Waals surface area (Å²) in [6.07, 6.45) is -0.876. The molecule has 0 amide bonds. The van der Waals surface area contributed by atoms with Crippen molar-refractivity contribution in [2.24, 2.45) is 0 Å². The number of carbonyl (C=O) groups is 1. The van der Waals surface area contributed by atoms with Gasteiger partial charge in [0.05, 0.1) is 7.11 Å². The average molecular weight is 210 g/mol. The van der Waals surface area contributed by atoms with Crippen LogP contribution in [0.4, 0.5) is 0 Å². The Bertz CT molecular complexity index is 360. The fourth-order valence-corrected chi connectivity index (χ4v) is 1.54. The van der Waals surface area contributed by atoms with Crippen molar-refractivity contribution in [3.05, 3.63) is 29.3 Å². The van der Waals surface area contributed by atoms with Crippen molar-refractivity contribution in [2.45, 2.75) is 19.4 Å². The molecule has 2 N–H and O–H groups in total. The second-order valence-corrected chi connectivity index (χ2v) is 3.12. The van der Waals surface area contributed by atoms with E-state index < -0.39 is 12.1 Å². The largest absolute Gasteiger partial charge is 0.496 e. The van der Waals surface area contributed by atoms with E-state index in [1.807, 2.05) is 6.92 Å². The number of carboxylic acid groups (broad SMARTS) is 1. The van der Waals surface area contributed by atoms with E-state index >= 15 is 0 Å². The molecule has 0 saturated carbocycles. The van der Waals surface area contributed by atoms with Crippen LogP contribution in [0.15, 0.2) is 18.2 Å². The maximum absolute atomic E-state index is 10.7. The fraction of sp³-hybridized carbons (Fsp3) is 0.364. The lowest BCUT2D eigenvalue weighted by atomic mass is 9.99. The predicted octanol–water partition coefficient (Wildman–Crippen LogP) is 1.38. The lowest BCUT2D eigenvalue weighted by Gasteiger charge is -2.14. The molecular formula is C11H14O4. The molecule has 4 heteroatoms. The second-order valence-electron chi connectivity index (χ2n) is 3.12.